The summed E-state index contributed by atoms with van der Waals surface area (Å²) in [5.74, 6) is 1.55. The van der Waals surface area contributed by atoms with Crippen molar-refractivity contribution in [1.29, 1.82) is 0 Å². The van der Waals surface area contributed by atoms with Gasteiger partial charge in [-0.1, -0.05) is 42.0 Å². The van der Waals surface area contributed by atoms with Gasteiger partial charge in [-0.3, -0.25) is 5.01 Å². The summed E-state index contributed by atoms with van der Waals surface area (Å²) >= 11 is 0. The summed E-state index contributed by atoms with van der Waals surface area (Å²) in [6.45, 7) is 3.97. The van der Waals surface area contributed by atoms with E-state index in [9.17, 15) is 0 Å². The average Bonchev–Trinajstić information content (AvgIpc) is 2.53. The van der Waals surface area contributed by atoms with E-state index in [4.69, 9.17) is 0 Å². The number of para-hydroxylation sites is 1. The number of benzene rings is 2. The molecule has 0 aliphatic carbocycles. The fourth-order valence-electron chi connectivity index (χ4n) is 2.28. The fraction of sp³-hybridized carbons (Fsp3) is 0.167. The highest BCUT2D eigenvalue weighted by atomic mass is 15.5. The van der Waals surface area contributed by atoms with Crippen LogP contribution >= 0.6 is 0 Å². The van der Waals surface area contributed by atoms with E-state index in [0.717, 1.165) is 28.1 Å². The maximum atomic E-state index is 4.53. The van der Waals surface area contributed by atoms with Gasteiger partial charge in [0.05, 0.1) is 11.7 Å². The molecule has 0 bridgehead atoms. The highest BCUT2D eigenvalue weighted by Gasteiger charge is 2.08. The molecule has 0 N–H and O–H groups in total. The molecule has 1 heterocycles. The first-order valence-electron chi connectivity index (χ1n) is 7.21. The van der Waals surface area contributed by atoms with Crippen molar-refractivity contribution in [1.82, 2.24) is 9.97 Å². The molecule has 4 heteroatoms. The number of aromatic nitrogens is 2. The van der Waals surface area contributed by atoms with Crippen molar-refractivity contribution >= 4 is 22.9 Å². The van der Waals surface area contributed by atoms with Crippen LogP contribution in [0.4, 0.5) is 5.82 Å². The van der Waals surface area contributed by atoms with E-state index >= 15 is 0 Å². The van der Waals surface area contributed by atoms with Crippen molar-refractivity contribution in [3.05, 3.63) is 65.5 Å². The SMILES string of the molecule is Cc1ccc(/C=N/N(C)c2nc(C)nc3ccccc23)cc1. The molecule has 0 spiro atoms. The molecule has 0 saturated heterocycles. The van der Waals surface area contributed by atoms with Gasteiger partial charge < -0.3 is 0 Å². The molecule has 22 heavy (non-hydrogen) atoms. The normalized spacial score (nSPS) is 11.2. The largest absolute Gasteiger partial charge is 0.250 e. The van der Waals surface area contributed by atoms with Gasteiger partial charge in [0.2, 0.25) is 0 Å². The summed E-state index contributed by atoms with van der Waals surface area (Å²) in [5, 5.41) is 7.29. The molecule has 0 aliphatic rings. The highest BCUT2D eigenvalue weighted by Crippen LogP contribution is 2.22. The summed E-state index contributed by atoms with van der Waals surface area (Å²) < 4.78 is 0. The first kappa shape index (κ1) is 14.2. The van der Waals surface area contributed by atoms with Crippen molar-refractivity contribution < 1.29 is 0 Å². The first-order valence-corrected chi connectivity index (χ1v) is 7.21. The summed E-state index contributed by atoms with van der Waals surface area (Å²) in [4.78, 5) is 8.99. The maximum absolute atomic E-state index is 4.53. The van der Waals surface area contributed by atoms with E-state index in [0.29, 0.717) is 0 Å². The zero-order chi connectivity index (χ0) is 15.5. The Morgan fingerprint density at radius 3 is 2.45 bits per heavy atom. The van der Waals surface area contributed by atoms with Crippen molar-refractivity contribution in [3.63, 3.8) is 0 Å². The van der Waals surface area contributed by atoms with Gasteiger partial charge in [-0.15, -0.1) is 0 Å². The maximum Gasteiger partial charge on any atom is 0.160 e. The first-order chi connectivity index (χ1) is 10.6. The summed E-state index contributed by atoms with van der Waals surface area (Å²) in [6, 6.07) is 16.2. The van der Waals surface area contributed by atoms with Crippen LogP contribution in [0.2, 0.25) is 0 Å². The Hall–Kier alpha value is -2.75. The predicted molar refractivity (Wildman–Crippen MR) is 91.5 cm³/mol. The van der Waals surface area contributed by atoms with Crippen molar-refractivity contribution in [2.24, 2.45) is 5.10 Å². The zero-order valence-corrected chi connectivity index (χ0v) is 13.0. The van der Waals surface area contributed by atoms with Crippen LogP contribution in [0.1, 0.15) is 17.0 Å². The van der Waals surface area contributed by atoms with Crippen LogP contribution in [0.3, 0.4) is 0 Å². The van der Waals surface area contributed by atoms with E-state index in [1.807, 2.05) is 44.5 Å². The molecule has 4 nitrogen and oxygen atoms in total. The summed E-state index contributed by atoms with van der Waals surface area (Å²) in [5.41, 5.74) is 3.23. The molecule has 0 radical (unpaired) electrons. The Labute approximate surface area is 130 Å². The number of rotatable bonds is 3. The van der Waals surface area contributed by atoms with Gasteiger partial charge in [-0.25, -0.2) is 9.97 Å². The van der Waals surface area contributed by atoms with Crippen LogP contribution < -0.4 is 5.01 Å². The summed E-state index contributed by atoms with van der Waals surface area (Å²) in [6.07, 6.45) is 1.84. The van der Waals surface area contributed by atoms with Crippen LogP contribution in [-0.4, -0.2) is 23.2 Å². The second-order valence-electron chi connectivity index (χ2n) is 5.29. The number of aryl methyl sites for hydroxylation is 2. The molecule has 0 unspecified atom stereocenters. The minimum absolute atomic E-state index is 0.742. The average molecular weight is 290 g/mol. The van der Waals surface area contributed by atoms with Crippen molar-refractivity contribution in [3.8, 4) is 0 Å². The molecule has 3 rings (SSSR count). The number of hydrazone groups is 1. The number of hydrogen-bond donors (Lipinski definition) is 0. The lowest BCUT2D eigenvalue weighted by atomic mass is 10.2. The third-order valence-electron chi connectivity index (χ3n) is 3.46. The Bertz CT molecular complexity index is 822. The molecular formula is C18H18N4. The fourth-order valence-corrected chi connectivity index (χ4v) is 2.28. The molecular weight excluding hydrogens is 272 g/mol. The molecule has 0 fully saturated rings. The van der Waals surface area contributed by atoms with E-state index in [2.05, 4.69) is 46.3 Å². The van der Waals surface area contributed by atoms with E-state index in [-0.39, 0.29) is 0 Å². The minimum Gasteiger partial charge on any atom is -0.250 e. The van der Waals surface area contributed by atoms with Gasteiger partial charge >= 0.3 is 0 Å². The number of hydrogen-bond acceptors (Lipinski definition) is 4. The van der Waals surface area contributed by atoms with Crippen molar-refractivity contribution in [2.75, 3.05) is 12.1 Å². The highest BCUT2D eigenvalue weighted by molar-refractivity contribution is 5.90. The molecule has 3 aromatic rings. The monoisotopic (exact) mass is 290 g/mol. The lowest BCUT2D eigenvalue weighted by molar-refractivity contribution is 0.961. The molecule has 110 valence electrons. The van der Waals surface area contributed by atoms with Crippen LogP contribution in [0, 0.1) is 13.8 Å². The quantitative estimate of drug-likeness (QED) is 0.545. The van der Waals surface area contributed by atoms with E-state index < -0.39 is 0 Å². The van der Waals surface area contributed by atoms with Gasteiger partial charge in [-0.05, 0) is 31.5 Å². The van der Waals surface area contributed by atoms with Gasteiger partial charge in [0, 0.05) is 12.4 Å². The zero-order valence-electron chi connectivity index (χ0n) is 13.0. The van der Waals surface area contributed by atoms with Gasteiger partial charge in [0.25, 0.3) is 0 Å². The van der Waals surface area contributed by atoms with Gasteiger partial charge in [-0.2, -0.15) is 5.10 Å². The minimum atomic E-state index is 0.742. The van der Waals surface area contributed by atoms with Crippen molar-refractivity contribution in [2.45, 2.75) is 13.8 Å². The second-order valence-corrected chi connectivity index (χ2v) is 5.29. The predicted octanol–water partition coefficient (Wildman–Crippen LogP) is 3.72. The second kappa shape index (κ2) is 5.93. The van der Waals surface area contributed by atoms with Crippen LogP contribution in [0.15, 0.2) is 53.6 Å². The molecule has 1 aromatic heterocycles. The van der Waals surface area contributed by atoms with Gasteiger partial charge in [0.15, 0.2) is 5.82 Å². The molecule has 0 aliphatic heterocycles. The smallest absolute Gasteiger partial charge is 0.160 e. The Morgan fingerprint density at radius 1 is 0.955 bits per heavy atom. The third-order valence-corrected chi connectivity index (χ3v) is 3.46. The standard InChI is InChI=1S/C18H18N4/c1-13-8-10-15(11-9-13)12-19-22(3)18-16-6-4-5-7-17(16)20-14(2)21-18/h4-12H,1-3H3/b19-12+. The van der Waals surface area contributed by atoms with Gasteiger partial charge in [0.1, 0.15) is 5.82 Å². The Morgan fingerprint density at radius 2 is 1.68 bits per heavy atom. The third kappa shape index (κ3) is 2.96. The van der Waals surface area contributed by atoms with E-state index in [1.54, 1.807) is 5.01 Å². The Balaban J connectivity index is 1.95. The lowest BCUT2D eigenvalue weighted by Gasteiger charge is -2.14. The van der Waals surface area contributed by atoms with E-state index in [1.165, 1.54) is 5.56 Å². The molecule has 2 aromatic carbocycles. The lowest BCUT2D eigenvalue weighted by Crippen LogP contribution is -2.12. The molecule has 0 saturated carbocycles. The number of nitrogens with zero attached hydrogens (tertiary/aromatic N) is 4. The number of fused-ring (bicyclic) bond motifs is 1. The van der Waals surface area contributed by atoms with Crippen LogP contribution in [-0.2, 0) is 0 Å². The number of anilines is 1. The molecule has 0 amide bonds. The van der Waals surface area contributed by atoms with Crippen LogP contribution in [0.25, 0.3) is 10.9 Å². The summed E-state index contributed by atoms with van der Waals surface area (Å²) in [7, 11) is 1.90. The molecule has 0 atom stereocenters. The van der Waals surface area contributed by atoms with Crippen LogP contribution in [0.5, 0.6) is 0 Å². The Kier molecular flexibility index (Phi) is 3.83. The topological polar surface area (TPSA) is 41.4 Å².